The van der Waals surface area contributed by atoms with Crippen molar-refractivity contribution in [2.75, 3.05) is 19.0 Å². The number of nitrogens with zero attached hydrogens (tertiary/aromatic N) is 1. The average Bonchev–Trinajstić information content (AvgIpc) is 2.73. The summed E-state index contributed by atoms with van der Waals surface area (Å²) in [6, 6.07) is 15.2. The zero-order chi connectivity index (χ0) is 15.0. The van der Waals surface area contributed by atoms with Gasteiger partial charge in [0.2, 0.25) is 0 Å². The van der Waals surface area contributed by atoms with Crippen LogP contribution in [0.1, 0.15) is 21.5 Å². The highest BCUT2D eigenvalue weighted by Crippen LogP contribution is 2.32. The molecule has 3 rings (SSSR count). The number of allylic oxidation sites excluding steroid dienone is 1. The highest BCUT2D eigenvalue weighted by Gasteiger charge is 2.28. The zero-order valence-corrected chi connectivity index (χ0v) is 12.1. The molecular formula is C18H17NO2. The Morgan fingerprint density at radius 1 is 0.952 bits per heavy atom. The summed E-state index contributed by atoms with van der Waals surface area (Å²) in [5.74, 6) is 0.0482. The van der Waals surface area contributed by atoms with Gasteiger partial charge in [-0.05, 0) is 17.7 Å². The molecule has 1 aliphatic rings. The Balaban J connectivity index is 1.89. The molecule has 0 heterocycles. The van der Waals surface area contributed by atoms with Crippen molar-refractivity contribution in [3.8, 4) is 0 Å². The number of fused-ring (bicyclic) bond motifs is 1. The van der Waals surface area contributed by atoms with Gasteiger partial charge in [0.15, 0.2) is 5.78 Å². The minimum atomic E-state index is -0.0696. The van der Waals surface area contributed by atoms with E-state index in [2.05, 4.69) is 0 Å². The van der Waals surface area contributed by atoms with Crippen LogP contribution in [0.3, 0.4) is 0 Å². The second kappa shape index (κ2) is 5.09. The van der Waals surface area contributed by atoms with Crippen molar-refractivity contribution in [2.45, 2.75) is 6.42 Å². The summed E-state index contributed by atoms with van der Waals surface area (Å²) in [6.07, 6.45) is 0.451. The molecule has 0 bridgehead atoms. The van der Waals surface area contributed by atoms with Gasteiger partial charge in [-0.2, -0.15) is 0 Å². The number of anilines is 1. The van der Waals surface area contributed by atoms with E-state index in [4.69, 9.17) is 0 Å². The summed E-state index contributed by atoms with van der Waals surface area (Å²) in [5.41, 5.74) is 3.84. The van der Waals surface area contributed by atoms with E-state index in [1.807, 2.05) is 55.4 Å². The van der Waals surface area contributed by atoms with Crippen LogP contribution in [0.4, 0.5) is 5.69 Å². The number of benzene rings is 2. The van der Waals surface area contributed by atoms with E-state index in [1.165, 1.54) is 0 Å². The fourth-order valence-electron chi connectivity index (χ4n) is 2.60. The maximum absolute atomic E-state index is 12.4. The van der Waals surface area contributed by atoms with Crippen molar-refractivity contribution in [3.63, 3.8) is 0 Å². The SMILES string of the molecule is CN(C)c1ccc(CC2=C(O)c3ccccc3C2=O)cc1. The van der Waals surface area contributed by atoms with Gasteiger partial charge in [-0.3, -0.25) is 4.79 Å². The minimum Gasteiger partial charge on any atom is -0.507 e. The molecule has 2 aromatic rings. The van der Waals surface area contributed by atoms with Crippen LogP contribution in [-0.2, 0) is 6.42 Å². The molecule has 1 N–H and O–H groups in total. The molecule has 0 aliphatic heterocycles. The van der Waals surface area contributed by atoms with E-state index in [0.29, 0.717) is 23.1 Å². The lowest BCUT2D eigenvalue weighted by molar-refractivity contribution is 0.103. The minimum absolute atomic E-state index is 0.0696. The molecule has 0 saturated heterocycles. The standard InChI is InChI=1S/C18H17NO2/c1-19(2)13-9-7-12(8-10-13)11-16-17(20)14-5-3-4-6-15(14)18(16)21/h3-10,20H,11H2,1-2H3. The summed E-state index contributed by atoms with van der Waals surface area (Å²) < 4.78 is 0. The van der Waals surface area contributed by atoms with Gasteiger partial charge in [-0.15, -0.1) is 0 Å². The molecule has 21 heavy (non-hydrogen) atoms. The largest absolute Gasteiger partial charge is 0.507 e. The molecule has 0 atom stereocenters. The third-order valence-electron chi connectivity index (χ3n) is 3.82. The first-order valence-electron chi connectivity index (χ1n) is 6.90. The Morgan fingerprint density at radius 3 is 2.14 bits per heavy atom. The Labute approximate surface area is 124 Å². The van der Waals surface area contributed by atoms with Crippen molar-refractivity contribution in [1.82, 2.24) is 0 Å². The van der Waals surface area contributed by atoms with Crippen LogP contribution in [0, 0.1) is 0 Å². The van der Waals surface area contributed by atoms with Gasteiger partial charge >= 0.3 is 0 Å². The van der Waals surface area contributed by atoms with Crippen molar-refractivity contribution >= 4 is 17.2 Å². The molecular weight excluding hydrogens is 262 g/mol. The number of aliphatic hydroxyl groups is 1. The Hall–Kier alpha value is -2.55. The van der Waals surface area contributed by atoms with Gasteiger partial charge in [0, 0.05) is 42.9 Å². The molecule has 2 aromatic carbocycles. The molecule has 0 saturated carbocycles. The van der Waals surface area contributed by atoms with Crippen molar-refractivity contribution in [3.05, 3.63) is 70.8 Å². The van der Waals surface area contributed by atoms with Crippen molar-refractivity contribution in [1.29, 1.82) is 0 Å². The quantitative estimate of drug-likeness (QED) is 0.935. The number of aliphatic hydroxyl groups excluding tert-OH is 1. The first-order chi connectivity index (χ1) is 10.1. The summed E-state index contributed by atoms with van der Waals surface area (Å²) in [5, 5.41) is 10.3. The number of hydrogen-bond donors (Lipinski definition) is 1. The second-order valence-electron chi connectivity index (χ2n) is 5.44. The Morgan fingerprint density at radius 2 is 1.57 bits per heavy atom. The molecule has 0 aromatic heterocycles. The van der Waals surface area contributed by atoms with Crippen LogP contribution in [0.25, 0.3) is 5.76 Å². The van der Waals surface area contributed by atoms with E-state index in [1.54, 1.807) is 12.1 Å². The number of ketones is 1. The smallest absolute Gasteiger partial charge is 0.193 e. The van der Waals surface area contributed by atoms with Gasteiger partial charge in [0.25, 0.3) is 0 Å². The fraction of sp³-hybridized carbons (Fsp3) is 0.167. The molecule has 0 radical (unpaired) electrons. The summed E-state index contributed by atoms with van der Waals surface area (Å²) in [7, 11) is 3.97. The summed E-state index contributed by atoms with van der Waals surface area (Å²) in [6.45, 7) is 0. The topological polar surface area (TPSA) is 40.5 Å². The van der Waals surface area contributed by atoms with Gasteiger partial charge < -0.3 is 10.0 Å². The van der Waals surface area contributed by atoms with E-state index >= 15 is 0 Å². The van der Waals surface area contributed by atoms with Crippen LogP contribution in [0.5, 0.6) is 0 Å². The molecule has 1 aliphatic carbocycles. The molecule has 106 valence electrons. The molecule has 3 heteroatoms. The van der Waals surface area contributed by atoms with E-state index in [-0.39, 0.29) is 11.5 Å². The van der Waals surface area contributed by atoms with Gasteiger partial charge in [0.05, 0.1) is 0 Å². The molecule has 3 nitrogen and oxygen atoms in total. The number of carbonyl (C=O) groups excluding carboxylic acids is 1. The van der Waals surface area contributed by atoms with E-state index < -0.39 is 0 Å². The maximum Gasteiger partial charge on any atom is 0.193 e. The zero-order valence-electron chi connectivity index (χ0n) is 12.1. The predicted octanol–water partition coefficient (Wildman–Crippen LogP) is 3.46. The predicted molar refractivity (Wildman–Crippen MR) is 84.8 cm³/mol. The normalized spacial score (nSPS) is 13.5. The Bertz CT molecular complexity index is 727. The fourth-order valence-corrected chi connectivity index (χ4v) is 2.60. The Kier molecular flexibility index (Phi) is 3.26. The number of hydrogen-bond acceptors (Lipinski definition) is 3. The lowest BCUT2D eigenvalue weighted by Gasteiger charge is -2.12. The van der Waals surface area contributed by atoms with Crippen LogP contribution in [0.2, 0.25) is 0 Å². The summed E-state index contributed by atoms with van der Waals surface area (Å²) in [4.78, 5) is 14.4. The number of Topliss-reactive ketones (excluding diaryl/α,β-unsaturated/α-hetero) is 1. The second-order valence-corrected chi connectivity index (χ2v) is 5.44. The van der Waals surface area contributed by atoms with E-state index in [9.17, 15) is 9.90 Å². The highest BCUT2D eigenvalue weighted by molar-refractivity contribution is 6.19. The highest BCUT2D eigenvalue weighted by atomic mass is 16.3. The number of carbonyl (C=O) groups is 1. The lowest BCUT2D eigenvalue weighted by Crippen LogP contribution is -2.08. The summed E-state index contributed by atoms with van der Waals surface area (Å²) >= 11 is 0. The average molecular weight is 279 g/mol. The van der Waals surface area contributed by atoms with Crippen LogP contribution in [0.15, 0.2) is 54.1 Å². The lowest BCUT2D eigenvalue weighted by atomic mass is 10.0. The first kappa shape index (κ1) is 13.4. The van der Waals surface area contributed by atoms with Gasteiger partial charge in [-0.25, -0.2) is 0 Å². The maximum atomic E-state index is 12.4. The third-order valence-corrected chi connectivity index (χ3v) is 3.82. The monoisotopic (exact) mass is 279 g/mol. The number of rotatable bonds is 3. The van der Waals surface area contributed by atoms with Gasteiger partial charge in [0.1, 0.15) is 5.76 Å². The van der Waals surface area contributed by atoms with Crippen LogP contribution in [-0.4, -0.2) is 25.0 Å². The first-order valence-corrected chi connectivity index (χ1v) is 6.90. The van der Waals surface area contributed by atoms with Gasteiger partial charge in [-0.1, -0.05) is 36.4 Å². The van der Waals surface area contributed by atoms with Crippen LogP contribution >= 0.6 is 0 Å². The van der Waals surface area contributed by atoms with E-state index in [0.717, 1.165) is 11.3 Å². The molecule has 0 unspecified atom stereocenters. The molecule has 0 amide bonds. The third kappa shape index (κ3) is 2.31. The molecule has 0 spiro atoms. The molecule has 0 fully saturated rings. The van der Waals surface area contributed by atoms with Crippen LogP contribution < -0.4 is 4.90 Å². The van der Waals surface area contributed by atoms with Crippen molar-refractivity contribution < 1.29 is 9.90 Å². The van der Waals surface area contributed by atoms with Crippen molar-refractivity contribution in [2.24, 2.45) is 0 Å².